The molecule has 108 valence electrons. The quantitative estimate of drug-likeness (QED) is 0.768. The fourth-order valence-corrected chi connectivity index (χ4v) is 4.02. The zero-order valence-corrected chi connectivity index (χ0v) is 13.1. The molecular weight excluding hydrogens is 287 g/mol. The summed E-state index contributed by atoms with van der Waals surface area (Å²) in [6.45, 7) is 5.56. The molecule has 19 heavy (non-hydrogen) atoms. The van der Waals surface area contributed by atoms with E-state index in [9.17, 15) is 9.67 Å². The predicted molar refractivity (Wildman–Crippen MR) is 76.5 cm³/mol. The standard InChI is InChI=1S/C13H20ClO4P/c1-4-13(15,11-7-9-12(14)10-8-11)19(16,17-5-2)18-6-3/h7-10,15H,4-6H2,1-3H3. The van der Waals surface area contributed by atoms with Crippen molar-refractivity contribution in [2.24, 2.45) is 0 Å². The Balaban J connectivity index is 3.26. The van der Waals surface area contributed by atoms with Crippen LogP contribution in [0.25, 0.3) is 0 Å². The van der Waals surface area contributed by atoms with Crippen molar-refractivity contribution in [3.8, 4) is 0 Å². The summed E-state index contributed by atoms with van der Waals surface area (Å²) in [5.41, 5.74) is 0.477. The van der Waals surface area contributed by atoms with Crippen LogP contribution in [0.15, 0.2) is 24.3 Å². The molecule has 0 aliphatic carbocycles. The molecular formula is C13H20ClO4P. The van der Waals surface area contributed by atoms with Crippen molar-refractivity contribution in [2.75, 3.05) is 13.2 Å². The SMILES string of the molecule is CCOP(=O)(OCC)C(O)(CC)c1ccc(Cl)cc1. The van der Waals surface area contributed by atoms with E-state index in [1.54, 1.807) is 45.0 Å². The van der Waals surface area contributed by atoms with Crippen LogP contribution in [0.1, 0.15) is 32.8 Å². The summed E-state index contributed by atoms with van der Waals surface area (Å²) in [5.74, 6) is 0. The summed E-state index contributed by atoms with van der Waals surface area (Å²) >= 11 is 5.83. The summed E-state index contributed by atoms with van der Waals surface area (Å²) in [6, 6.07) is 6.55. The molecule has 1 unspecified atom stereocenters. The third-order valence-electron chi connectivity index (χ3n) is 2.85. The molecule has 0 bridgehead atoms. The Morgan fingerprint density at radius 3 is 2.00 bits per heavy atom. The predicted octanol–water partition coefficient (Wildman–Crippen LogP) is 4.16. The fourth-order valence-electron chi connectivity index (χ4n) is 1.86. The lowest BCUT2D eigenvalue weighted by Crippen LogP contribution is -2.27. The Kier molecular flexibility index (Phi) is 6.03. The lowest BCUT2D eigenvalue weighted by molar-refractivity contribution is 0.0622. The first-order chi connectivity index (χ1) is 8.93. The van der Waals surface area contributed by atoms with E-state index in [0.717, 1.165) is 0 Å². The third-order valence-corrected chi connectivity index (χ3v) is 5.78. The molecule has 0 spiro atoms. The summed E-state index contributed by atoms with van der Waals surface area (Å²) < 4.78 is 23.3. The molecule has 1 aromatic rings. The molecule has 1 aromatic carbocycles. The topological polar surface area (TPSA) is 55.8 Å². The van der Waals surface area contributed by atoms with E-state index >= 15 is 0 Å². The molecule has 0 amide bonds. The van der Waals surface area contributed by atoms with Gasteiger partial charge in [-0.15, -0.1) is 0 Å². The molecule has 0 aliphatic heterocycles. The first-order valence-corrected chi connectivity index (χ1v) is 8.23. The van der Waals surface area contributed by atoms with Gasteiger partial charge in [0.25, 0.3) is 0 Å². The number of hydrogen-bond acceptors (Lipinski definition) is 4. The maximum atomic E-state index is 12.8. The van der Waals surface area contributed by atoms with Gasteiger partial charge in [0, 0.05) is 5.02 Å². The van der Waals surface area contributed by atoms with Crippen LogP contribution in [0.3, 0.4) is 0 Å². The van der Waals surface area contributed by atoms with Crippen molar-refractivity contribution < 1.29 is 18.7 Å². The first-order valence-electron chi connectivity index (χ1n) is 6.31. The van der Waals surface area contributed by atoms with Crippen LogP contribution in [0.4, 0.5) is 0 Å². The van der Waals surface area contributed by atoms with Crippen LogP contribution in [0.2, 0.25) is 5.02 Å². The fraction of sp³-hybridized carbons (Fsp3) is 0.538. The number of rotatable bonds is 7. The van der Waals surface area contributed by atoms with E-state index in [2.05, 4.69) is 0 Å². The van der Waals surface area contributed by atoms with Gasteiger partial charge in [0.2, 0.25) is 0 Å². The largest absolute Gasteiger partial charge is 0.373 e. The minimum Gasteiger partial charge on any atom is -0.373 e. The Labute approximate surface area is 119 Å². The number of hydrogen-bond donors (Lipinski definition) is 1. The van der Waals surface area contributed by atoms with E-state index in [0.29, 0.717) is 10.6 Å². The molecule has 1 N–H and O–H groups in total. The van der Waals surface area contributed by atoms with Crippen LogP contribution >= 0.6 is 19.2 Å². The molecule has 1 rings (SSSR count). The van der Waals surface area contributed by atoms with Crippen molar-refractivity contribution >= 4 is 19.2 Å². The van der Waals surface area contributed by atoms with Crippen LogP contribution in [0.5, 0.6) is 0 Å². The van der Waals surface area contributed by atoms with Crippen molar-refractivity contribution in [1.29, 1.82) is 0 Å². The number of halogens is 1. The van der Waals surface area contributed by atoms with Gasteiger partial charge >= 0.3 is 7.60 Å². The van der Waals surface area contributed by atoms with Crippen molar-refractivity contribution in [1.82, 2.24) is 0 Å². The van der Waals surface area contributed by atoms with Gasteiger partial charge in [-0.25, -0.2) is 0 Å². The number of benzene rings is 1. The summed E-state index contributed by atoms with van der Waals surface area (Å²) in [7, 11) is -3.67. The minimum atomic E-state index is -3.67. The highest BCUT2D eigenvalue weighted by molar-refractivity contribution is 7.54. The smallest absolute Gasteiger partial charge is 0.366 e. The zero-order chi connectivity index (χ0) is 14.5. The second-order valence-corrected chi connectivity index (χ2v) is 6.70. The Morgan fingerprint density at radius 2 is 1.63 bits per heavy atom. The zero-order valence-electron chi connectivity index (χ0n) is 11.4. The van der Waals surface area contributed by atoms with E-state index in [1.165, 1.54) is 0 Å². The molecule has 4 nitrogen and oxygen atoms in total. The lowest BCUT2D eigenvalue weighted by Gasteiger charge is -2.34. The monoisotopic (exact) mass is 306 g/mol. The van der Waals surface area contributed by atoms with Crippen LogP contribution in [0, 0.1) is 0 Å². The highest BCUT2D eigenvalue weighted by atomic mass is 35.5. The molecule has 0 aromatic heterocycles. The summed E-state index contributed by atoms with van der Waals surface area (Å²) in [4.78, 5) is 0. The molecule has 1 atom stereocenters. The van der Waals surface area contributed by atoms with Crippen LogP contribution in [-0.2, 0) is 19.0 Å². The van der Waals surface area contributed by atoms with E-state index in [4.69, 9.17) is 20.6 Å². The molecule has 6 heteroatoms. The third kappa shape index (κ3) is 3.39. The molecule has 0 saturated carbocycles. The van der Waals surface area contributed by atoms with Gasteiger partial charge in [0.1, 0.15) is 0 Å². The maximum Gasteiger partial charge on any atom is 0.366 e. The van der Waals surface area contributed by atoms with E-state index < -0.39 is 12.9 Å². The van der Waals surface area contributed by atoms with Gasteiger partial charge in [0.05, 0.1) is 13.2 Å². The van der Waals surface area contributed by atoms with Gasteiger partial charge in [-0.2, -0.15) is 0 Å². The average Bonchev–Trinajstić information content (AvgIpc) is 2.39. The van der Waals surface area contributed by atoms with Gasteiger partial charge in [-0.1, -0.05) is 30.7 Å². The molecule has 0 aliphatic rings. The molecule has 0 saturated heterocycles. The Morgan fingerprint density at radius 1 is 1.16 bits per heavy atom. The highest BCUT2D eigenvalue weighted by Crippen LogP contribution is 2.64. The first kappa shape index (κ1) is 16.7. The van der Waals surface area contributed by atoms with Crippen molar-refractivity contribution in [3.05, 3.63) is 34.9 Å². The second-order valence-electron chi connectivity index (χ2n) is 4.01. The van der Waals surface area contributed by atoms with E-state index in [-0.39, 0.29) is 19.6 Å². The van der Waals surface area contributed by atoms with Crippen molar-refractivity contribution in [3.63, 3.8) is 0 Å². The van der Waals surface area contributed by atoms with Crippen molar-refractivity contribution in [2.45, 2.75) is 32.5 Å². The highest BCUT2D eigenvalue weighted by Gasteiger charge is 2.49. The van der Waals surface area contributed by atoms with Gasteiger partial charge in [-0.05, 0) is 38.0 Å². The summed E-state index contributed by atoms with van der Waals surface area (Å²) in [5, 5.41) is 9.69. The summed E-state index contributed by atoms with van der Waals surface area (Å²) in [6.07, 6.45) is 0.214. The minimum absolute atomic E-state index is 0.202. The number of aliphatic hydroxyl groups is 1. The molecule has 0 fully saturated rings. The Hall–Kier alpha value is -0.380. The van der Waals surface area contributed by atoms with Gasteiger partial charge in [0.15, 0.2) is 5.34 Å². The van der Waals surface area contributed by atoms with Gasteiger partial charge in [-0.3, -0.25) is 4.57 Å². The Bertz CT molecular complexity index is 438. The normalized spacial score (nSPS) is 15.2. The average molecular weight is 307 g/mol. The van der Waals surface area contributed by atoms with E-state index in [1.807, 2.05) is 0 Å². The van der Waals surface area contributed by atoms with Gasteiger partial charge < -0.3 is 14.2 Å². The van der Waals surface area contributed by atoms with Crippen LogP contribution < -0.4 is 0 Å². The van der Waals surface area contributed by atoms with Crippen LogP contribution in [-0.4, -0.2) is 18.3 Å². The second kappa shape index (κ2) is 6.87. The molecule has 0 radical (unpaired) electrons. The lowest BCUT2D eigenvalue weighted by atomic mass is 10.1. The maximum absolute atomic E-state index is 12.8. The molecule has 0 heterocycles.